The predicted octanol–water partition coefficient (Wildman–Crippen LogP) is 2.06. The van der Waals surface area contributed by atoms with E-state index in [1.54, 1.807) is 4.90 Å². The van der Waals surface area contributed by atoms with E-state index in [9.17, 15) is 4.79 Å². The number of rotatable bonds is 4. The van der Waals surface area contributed by atoms with Crippen LogP contribution in [-0.2, 0) is 6.42 Å². The maximum atomic E-state index is 12.4. The highest BCUT2D eigenvalue weighted by atomic mass is 16.2. The molecule has 0 bridgehead atoms. The van der Waals surface area contributed by atoms with Gasteiger partial charge in [0.05, 0.1) is 0 Å². The van der Waals surface area contributed by atoms with Crippen molar-refractivity contribution in [2.75, 3.05) is 13.6 Å². The number of benzene rings is 1. The summed E-state index contributed by atoms with van der Waals surface area (Å²) in [4.78, 5) is 14.1. The fourth-order valence-electron chi connectivity index (χ4n) is 1.63. The monoisotopic (exact) mass is 234 g/mol. The number of amides is 1. The molecule has 3 heteroatoms. The van der Waals surface area contributed by atoms with E-state index >= 15 is 0 Å². The van der Waals surface area contributed by atoms with Crippen molar-refractivity contribution in [3.8, 4) is 0 Å². The minimum absolute atomic E-state index is 0.0397. The molecule has 0 saturated heterocycles. The number of hydrogen-bond donors (Lipinski definition) is 1. The van der Waals surface area contributed by atoms with Gasteiger partial charge >= 0.3 is 0 Å². The third-order valence-corrected chi connectivity index (χ3v) is 3.34. The molecule has 3 nitrogen and oxygen atoms in total. The van der Waals surface area contributed by atoms with Crippen LogP contribution >= 0.6 is 0 Å². The molecule has 0 unspecified atom stereocenters. The van der Waals surface area contributed by atoms with Crippen LogP contribution in [0.15, 0.2) is 24.3 Å². The lowest BCUT2D eigenvalue weighted by atomic mass is 9.99. The topological polar surface area (TPSA) is 46.3 Å². The first-order valence-electron chi connectivity index (χ1n) is 6.00. The Hall–Kier alpha value is -1.35. The molecule has 0 saturated carbocycles. The second-order valence-corrected chi connectivity index (χ2v) is 4.89. The largest absolute Gasteiger partial charge is 0.335 e. The molecule has 2 N–H and O–H groups in total. The molecule has 0 atom stereocenters. The van der Waals surface area contributed by atoms with E-state index in [0.717, 1.165) is 17.5 Å². The molecule has 1 aromatic carbocycles. The molecule has 0 radical (unpaired) electrons. The van der Waals surface area contributed by atoms with Crippen LogP contribution in [0.5, 0.6) is 0 Å². The Bertz CT molecular complexity index is 399. The zero-order chi connectivity index (χ0) is 13.1. The van der Waals surface area contributed by atoms with Crippen molar-refractivity contribution < 1.29 is 4.79 Å². The zero-order valence-electron chi connectivity index (χ0n) is 11.2. The molecule has 0 aromatic heterocycles. The summed E-state index contributed by atoms with van der Waals surface area (Å²) in [5.41, 5.74) is 7.24. The fourth-order valence-corrected chi connectivity index (χ4v) is 1.63. The molecule has 1 rings (SSSR count). The van der Waals surface area contributed by atoms with Gasteiger partial charge in [0.2, 0.25) is 0 Å². The van der Waals surface area contributed by atoms with Crippen LogP contribution in [0.2, 0.25) is 0 Å². The quantitative estimate of drug-likeness (QED) is 0.866. The number of carbonyl (C=O) groups is 1. The molecular weight excluding hydrogens is 212 g/mol. The molecule has 0 aliphatic rings. The maximum absolute atomic E-state index is 12.4. The molecule has 1 amide bonds. The molecule has 0 aliphatic carbocycles. The Morgan fingerprint density at radius 3 is 2.47 bits per heavy atom. The lowest BCUT2D eigenvalue weighted by molar-refractivity contribution is 0.0639. The highest BCUT2D eigenvalue weighted by Crippen LogP contribution is 2.17. The highest BCUT2D eigenvalue weighted by Gasteiger charge is 2.27. The van der Waals surface area contributed by atoms with Crippen molar-refractivity contribution in [1.82, 2.24) is 4.90 Å². The van der Waals surface area contributed by atoms with Crippen LogP contribution in [0.4, 0.5) is 0 Å². The van der Waals surface area contributed by atoms with Crippen LogP contribution in [-0.4, -0.2) is 29.9 Å². The smallest absolute Gasteiger partial charge is 0.254 e. The van der Waals surface area contributed by atoms with Crippen LogP contribution in [0.25, 0.3) is 0 Å². The minimum Gasteiger partial charge on any atom is -0.335 e. The summed E-state index contributed by atoms with van der Waals surface area (Å²) in [6.45, 7) is 6.45. The standard InChI is InChI=1S/C14H22N2O/c1-5-11-8-6-7-9-12(11)13(17)16(4)14(2,3)10-15/h6-9H,5,10,15H2,1-4H3. The predicted molar refractivity (Wildman–Crippen MR) is 71.0 cm³/mol. The van der Waals surface area contributed by atoms with Gasteiger partial charge in [0.1, 0.15) is 0 Å². The number of likely N-dealkylation sites (N-methyl/N-ethyl adjacent to an activating group) is 1. The van der Waals surface area contributed by atoms with Gasteiger partial charge in [-0.15, -0.1) is 0 Å². The molecule has 0 fully saturated rings. The summed E-state index contributed by atoms with van der Waals surface area (Å²) in [7, 11) is 1.81. The molecule has 0 heterocycles. The van der Waals surface area contributed by atoms with Crippen molar-refractivity contribution in [2.45, 2.75) is 32.7 Å². The van der Waals surface area contributed by atoms with E-state index in [1.807, 2.05) is 45.2 Å². The third kappa shape index (κ3) is 2.86. The lowest BCUT2D eigenvalue weighted by Crippen LogP contribution is -2.50. The lowest BCUT2D eigenvalue weighted by Gasteiger charge is -2.35. The first-order chi connectivity index (χ1) is 7.94. The van der Waals surface area contributed by atoms with Gasteiger partial charge in [0.15, 0.2) is 0 Å². The Balaban J connectivity index is 3.04. The molecule has 17 heavy (non-hydrogen) atoms. The normalized spacial score (nSPS) is 11.4. The fraction of sp³-hybridized carbons (Fsp3) is 0.500. The van der Waals surface area contributed by atoms with E-state index < -0.39 is 0 Å². The van der Waals surface area contributed by atoms with Gasteiger partial charge in [0, 0.05) is 24.7 Å². The zero-order valence-corrected chi connectivity index (χ0v) is 11.2. The average molecular weight is 234 g/mol. The second-order valence-electron chi connectivity index (χ2n) is 4.89. The first-order valence-corrected chi connectivity index (χ1v) is 6.00. The number of hydrogen-bond acceptors (Lipinski definition) is 2. The van der Waals surface area contributed by atoms with Crippen LogP contribution in [0.3, 0.4) is 0 Å². The Labute approximate surface area is 104 Å². The van der Waals surface area contributed by atoms with Gasteiger partial charge in [-0.2, -0.15) is 0 Å². The third-order valence-electron chi connectivity index (χ3n) is 3.34. The second kappa shape index (κ2) is 5.32. The summed E-state index contributed by atoms with van der Waals surface area (Å²) in [6, 6.07) is 7.74. The molecule has 0 spiro atoms. The van der Waals surface area contributed by atoms with Gasteiger partial charge < -0.3 is 10.6 Å². The SMILES string of the molecule is CCc1ccccc1C(=O)N(C)C(C)(C)CN. The highest BCUT2D eigenvalue weighted by molar-refractivity contribution is 5.96. The Morgan fingerprint density at radius 1 is 1.35 bits per heavy atom. The maximum Gasteiger partial charge on any atom is 0.254 e. The number of nitrogens with zero attached hydrogens (tertiary/aromatic N) is 1. The van der Waals surface area contributed by atoms with E-state index in [-0.39, 0.29) is 11.4 Å². The summed E-state index contributed by atoms with van der Waals surface area (Å²) in [5.74, 6) is 0.0397. The van der Waals surface area contributed by atoms with E-state index in [0.29, 0.717) is 6.54 Å². The van der Waals surface area contributed by atoms with Crippen molar-refractivity contribution in [3.05, 3.63) is 35.4 Å². The van der Waals surface area contributed by atoms with Crippen LogP contribution < -0.4 is 5.73 Å². The van der Waals surface area contributed by atoms with E-state index in [2.05, 4.69) is 6.92 Å². The van der Waals surface area contributed by atoms with Crippen molar-refractivity contribution >= 4 is 5.91 Å². The van der Waals surface area contributed by atoms with Gasteiger partial charge in [-0.1, -0.05) is 25.1 Å². The van der Waals surface area contributed by atoms with Gasteiger partial charge in [0.25, 0.3) is 5.91 Å². The van der Waals surface area contributed by atoms with E-state index in [4.69, 9.17) is 5.73 Å². The summed E-state index contributed by atoms with van der Waals surface area (Å²) < 4.78 is 0. The Morgan fingerprint density at radius 2 is 1.94 bits per heavy atom. The van der Waals surface area contributed by atoms with Gasteiger partial charge in [-0.3, -0.25) is 4.79 Å². The number of nitrogens with two attached hydrogens (primary N) is 1. The van der Waals surface area contributed by atoms with Crippen LogP contribution in [0.1, 0.15) is 36.7 Å². The molecule has 94 valence electrons. The molecule has 0 aliphatic heterocycles. The first kappa shape index (κ1) is 13.7. The number of carbonyl (C=O) groups excluding carboxylic acids is 1. The molecular formula is C14H22N2O. The van der Waals surface area contributed by atoms with Crippen molar-refractivity contribution in [3.63, 3.8) is 0 Å². The van der Waals surface area contributed by atoms with Crippen LogP contribution in [0, 0.1) is 0 Å². The average Bonchev–Trinajstić information content (AvgIpc) is 2.36. The van der Waals surface area contributed by atoms with Crippen molar-refractivity contribution in [2.24, 2.45) is 5.73 Å². The van der Waals surface area contributed by atoms with Crippen molar-refractivity contribution in [1.29, 1.82) is 0 Å². The van der Waals surface area contributed by atoms with Gasteiger partial charge in [-0.05, 0) is 31.9 Å². The van der Waals surface area contributed by atoms with E-state index in [1.165, 1.54) is 0 Å². The summed E-state index contributed by atoms with van der Waals surface area (Å²) >= 11 is 0. The minimum atomic E-state index is -0.321. The summed E-state index contributed by atoms with van der Waals surface area (Å²) in [6.07, 6.45) is 0.860. The molecule has 1 aromatic rings. The Kier molecular flexibility index (Phi) is 4.29. The number of aryl methyl sites for hydroxylation is 1. The van der Waals surface area contributed by atoms with Gasteiger partial charge in [-0.25, -0.2) is 0 Å². The summed E-state index contributed by atoms with van der Waals surface area (Å²) in [5, 5.41) is 0.